The van der Waals surface area contributed by atoms with Gasteiger partial charge in [-0.1, -0.05) is 196 Å². The van der Waals surface area contributed by atoms with E-state index in [0.717, 1.165) is 0 Å². The summed E-state index contributed by atoms with van der Waals surface area (Å²) in [6, 6.07) is 76.0. The molecule has 0 unspecified atom stereocenters. The number of fused-ring (bicyclic) bond motifs is 12. The molecule has 0 aliphatic rings. The topological polar surface area (TPSA) is 0 Å². The first-order valence-corrected chi connectivity index (χ1v) is 19.7. The first-order chi connectivity index (χ1) is 27.8. The fraction of sp³-hybridized carbons (Fsp3) is 0.0357. The number of rotatable bonds is 4. The average Bonchev–Trinajstić information content (AvgIpc) is 3.29. The normalized spacial score (nSPS) is 11.4. The van der Waals surface area contributed by atoms with E-state index in [4.69, 9.17) is 0 Å². The third-order valence-electron chi connectivity index (χ3n) is 11.4. The summed E-state index contributed by atoms with van der Waals surface area (Å²) in [5.41, 5.74) is 9.75. The molecule has 11 rings (SSSR count). The van der Waals surface area contributed by atoms with Crippen molar-refractivity contribution in [3.8, 4) is 44.5 Å². The Morgan fingerprint density at radius 1 is 0.161 bits per heavy atom. The van der Waals surface area contributed by atoms with Crippen LogP contribution in [0.3, 0.4) is 0 Å². The van der Waals surface area contributed by atoms with Gasteiger partial charge in [0.05, 0.1) is 0 Å². The van der Waals surface area contributed by atoms with Crippen LogP contribution in [0.5, 0.6) is 0 Å². The van der Waals surface area contributed by atoms with Gasteiger partial charge < -0.3 is 0 Å². The van der Waals surface area contributed by atoms with Gasteiger partial charge in [0.2, 0.25) is 0 Å². The van der Waals surface area contributed by atoms with Crippen LogP contribution in [0, 0.1) is 0 Å². The SMILES string of the molecule is CC.c1cc(-c2ccc(-c3cccc(-c4ccc5c6ccccc6c6ccccc6c5c4)c3)cc2)cc(-c2ccc3c4ccccc4c4ccccc4c3c2)c1. The molecule has 11 aromatic rings. The highest BCUT2D eigenvalue weighted by atomic mass is 14.2. The summed E-state index contributed by atoms with van der Waals surface area (Å²) in [7, 11) is 0. The lowest BCUT2D eigenvalue weighted by Gasteiger charge is -2.13. The van der Waals surface area contributed by atoms with E-state index in [2.05, 4.69) is 206 Å². The minimum atomic E-state index is 1.21. The molecule has 0 saturated carbocycles. The van der Waals surface area contributed by atoms with Gasteiger partial charge in [0, 0.05) is 0 Å². The summed E-state index contributed by atoms with van der Waals surface area (Å²) in [4.78, 5) is 0. The molecule has 0 N–H and O–H groups in total. The predicted octanol–water partition coefficient (Wildman–Crippen LogP) is 16.3. The lowest BCUT2D eigenvalue weighted by atomic mass is 9.91. The van der Waals surface area contributed by atoms with E-state index >= 15 is 0 Å². The van der Waals surface area contributed by atoms with Crippen LogP contribution in [0.1, 0.15) is 13.8 Å². The maximum Gasteiger partial charge on any atom is -0.00928 e. The van der Waals surface area contributed by atoms with Gasteiger partial charge in [-0.15, -0.1) is 0 Å². The molecule has 0 spiro atoms. The molecule has 0 radical (unpaired) electrons. The summed E-state index contributed by atoms with van der Waals surface area (Å²) in [6.45, 7) is 4.00. The molecule has 56 heavy (non-hydrogen) atoms. The van der Waals surface area contributed by atoms with E-state index < -0.39 is 0 Å². The van der Waals surface area contributed by atoms with E-state index in [1.165, 1.54) is 109 Å². The maximum atomic E-state index is 2.37. The molecule has 0 heteroatoms. The van der Waals surface area contributed by atoms with Crippen LogP contribution >= 0.6 is 0 Å². The Balaban J connectivity index is 0.00000189. The van der Waals surface area contributed by atoms with Crippen molar-refractivity contribution in [1.29, 1.82) is 0 Å². The molecule has 0 aliphatic carbocycles. The van der Waals surface area contributed by atoms with Gasteiger partial charge in [-0.3, -0.25) is 0 Å². The Bertz CT molecular complexity index is 2960. The lowest BCUT2D eigenvalue weighted by molar-refractivity contribution is 1.50. The van der Waals surface area contributed by atoms with E-state index in [-0.39, 0.29) is 0 Å². The van der Waals surface area contributed by atoms with Crippen molar-refractivity contribution in [3.05, 3.63) is 206 Å². The second-order valence-corrected chi connectivity index (χ2v) is 14.4. The highest BCUT2D eigenvalue weighted by Crippen LogP contribution is 2.40. The molecule has 0 atom stereocenters. The lowest BCUT2D eigenvalue weighted by Crippen LogP contribution is -1.86. The zero-order valence-corrected chi connectivity index (χ0v) is 31.6. The van der Waals surface area contributed by atoms with Gasteiger partial charge in [0.1, 0.15) is 0 Å². The third-order valence-corrected chi connectivity index (χ3v) is 11.4. The van der Waals surface area contributed by atoms with E-state index in [0.29, 0.717) is 0 Å². The highest BCUT2D eigenvalue weighted by Gasteiger charge is 2.12. The molecular formula is C56H40. The molecule has 11 aromatic carbocycles. The van der Waals surface area contributed by atoms with Crippen LogP contribution < -0.4 is 0 Å². The zero-order valence-electron chi connectivity index (χ0n) is 31.6. The quantitative estimate of drug-likeness (QED) is 0.159. The maximum absolute atomic E-state index is 2.37. The second-order valence-electron chi connectivity index (χ2n) is 14.4. The Morgan fingerprint density at radius 3 is 0.679 bits per heavy atom. The second kappa shape index (κ2) is 14.0. The Hall–Kier alpha value is -7.02. The monoisotopic (exact) mass is 712 g/mol. The fourth-order valence-corrected chi connectivity index (χ4v) is 8.79. The Kier molecular flexibility index (Phi) is 8.38. The van der Waals surface area contributed by atoms with Crippen LogP contribution in [0.4, 0.5) is 0 Å². The number of hydrogen-bond donors (Lipinski definition) is 0. The largest absolute Gasteiger partial charge is 0.0683 e. The average molecular weight is 713 g/mol. The van der Waals surface area contributed by atoms with Gasteiger partial charge in [0.15, 0.2) is 0 Å². The summed E-state index contributed by atoms with van der Waals surface area (Å²) in [5.74, 6) is 0. The van der Waals surface area contributed by atoms with Crippen LogP contribution in [-0.2, 0) is 0 Å². The van der Waals surface area contributed by atoms with Crippen molar-refractivity contribution in [2.45, 2.75) is 13.8 Å². The highest BCUT2D eigenvalue weighted by molar-refractivity contribution is 6.27. The molecule has 0 heterocycles. The van der Waals surface area contributed by atoms with Crippen LogP contribution in [0.2, 0.25) is 0 Å². The summed E-state index contributed by atoms with van der Waals surface area (Å²) in [5, 5.41) is 15.6. The van der Waals surface area contributed by atoms with E-state index in [1.54, 1.807) is 0 Å². The van der Waals surface area contributed by atoms with Crippen molar-refractivity contribution in [3.63, 3.8) is 0 Å². The van der Waals surface area contributed by atoms with Crippen LogP contribution in [-0.4, -0.2) is 0 Å². The first-order valence-electron chi connectivity index (χ1n) is 19.7. The van der Waals surface area contributed by atoms with Crippen molar-refractivity contribution < 1.29 is 0 Å². The van der Waals surface area contributed by atoms with Gasteiger partial charge in [-0.05, 0) is 133 Å². The molecule has 0 bridgehead atoms. The first kappa shape index (κ1) is 33.5. The minimum Gasteiger partial charge on any atom is -0.0683 e. The summed E-state index contributed by atoms with van der Waals surface area (Å²) < 4.78 is 0. The molecule has 0 aromatic heterocycles. The molecule has 0 amide bonds. The van der Waals surface area contributed by atoms with Crippen molar-refractivity contribution in [1.82, 2.24) is 0 Å². The van der Waals surface area contributed by atoms with Gasteiger partial charge in [0.25, 0.3) is 0 Å². The van der Waals surface area contributed by atoms with Crippen molar-refractivity contribution >= 4 is 64.6 Å². The van der Waals surface area contributed by atoms with E-state index in [9.17, 15) is 0 Å². The molecule has 0 aliphatic heterocycles. The van der Waals surface area contributed by atoms with E-state index in [1.807, 2.05) is 13.8 Å². The molecule has 0 nitrogen and oxygen atoms in total. The number of hydrogen-bond acceptors (Lipinski definition) is 0. The summed E-state index contributed by atoms with van der Waals surface area (Å²) in [6.07, 6.45) is 0. The van der Waals surface area contributed by atoms with Crippen LogP contribution in [0.25, 0.3) is 109 Å². The molecule has 264 valence electrons. The van der Waals surface area contributed by atoms with Gasteiger partial charge >= 0.3 is 0 Å². The van der Waals surface area contributed by atoms with Crippen molar-refractivity contribution in [2.24, 2.45) is 0 Å². The molecule has 0 saturated heterocycles. The third kappa shape index (κ3) is 5.62. The van der Waals surface area contributed by atoms with Crippen LogP contribution in [0.15, 0.2) is 206 Å². The van der Waals surface area contributed by atoms with Gasteiger partial charge in [-0.25, -0.2) is 0 Å². The minimum absolute atomic E-state index is 1.21. The molecular weight excluding hydrogens is 673 g/mol. The Morgan fingerprint density at radius 2 is 0.375 bits per heavy atom. The zero-order chi connectivity index (χ0) is 37.6. The standard InChI is InChI=1S/C54H34.C2H6/c1-3-19-47-43(15-1)45-17-5-7-21-49(45)53-33-41(27-29-51(47)53)39-13-9-11-37(31-39)35-23-25-36(26-24-35)38-12-10-14-40(32-38)42-28-30-52-48-20-4-2-16-44(48)46-18-6-8-22-50(46)54(52)34-42;1-2/h1-34H;1-2H3. The fourth-order valence-electron chi connectivity index (χ4n) is 8.79. The predicted molar refractivity (Wildman–Crippen MR) is 245 cm³/mol. The van der Waals surface area contributed by atoms with Crippen molar-refractivity contribution in [2.75, 3.05) is 0 Å². The molecule has 0 fully saturated rings. The smallest absolute Gasteiger partial charge is 0.00928 e. The number of benzene rings is 11. The Labute approximate surface area is 327 Å². The summed E-state index contributed by atoms with van der Waals surface area (Å²) >= 11 is 0. The van der Waals surface area contributed by atoms with Gasteiger partial charge in [-0.2, -0.15) is 0 Å².